The van der Waals surface area contributed by atoms with E-state index in [4.69, 9.17) is 5.11 Å². The lowest BCUT2D eigenvalue weighted by atomic mass is 9.83. The third-order valence-electron chi connectivity index (χ3n) is 4.55. The molecule has 0 aliphatic carbocycles. The third kappa shape index (κ3) is 7.04. The number of hydrogen-bond acceptors (Lipinski definition) is 3. The molecule has 0 spiro atoms. The Morgan fingerprint density at radius 2 is 1.84 bits per heavy atom. The summed E-state index contributed by atoms with van der Waals surface area (Å²) in [5, 5.41) is 22.2. The van der Waals surface area contributed by atoms with Gasteiger partial charge in [-0.2, -0.15) is 0 Å². The van der Waals surface area contributed by atoms with Crippen molar-refractivity contribution in [3.8, 4) is 5.75 Å². The van der Waals surface area contributed by atoms with Crippen molar-refractivity contribution in [1.29, 1.82) is 0 Å². The molecule has 0 radical (unpaired) electrons. The molecule has 0 fully saturated rings. The molecule has 5 nitrogen and oxygen atoms in total. The molecule has 0 heterocycles. The largest absolute Gasteiger partial charge is 0.507 e. The highest BCUT2D eigenvalue weighted by Gasteiger charge is 2.20. The first-order valence-corrected chi connectivity index (χ1v) is 8.99. The molecule has 5 heteroatoms. The standard InChI is InChI=1S/C20H34N2O3/c1-15-13-16(14-17(19(15)25)20(2,3)4)7-8-18(24)21-9-10-22(5,6)11-12-23/h13-14,23H,7-12H2,1-6H3,(H-,21,24,25)/p+1. The first-order valence-electron chi connectivity index (χ1n) is 8.99. The number of carbonyl (C=O) groups is 1. The van der Waals surface area contributed by atoms with Gasteiger partial charge in [0, 0.05) is 6.42 Å². The molecule has 0 aliphatic rings. The molecule has 1 amide bonds. The number of benzene rings is 1. The van der Waals surface area contributed by atoms with Crippen LogP contribution in [0.3, 0.4) is 0 Å². The van der Waals surface area contributed by atoms with Gasteiger partial charge >= 0.3 is 0 Å². The smallest absolute Gasteiger partial charge is 0.220 e. The van der Waals surface area contributed by atoms with Crippen LogP contribution in [0.2, 0.25) is 0 Å². The van der Waals surface area contributed by atoms with E-state index >= 15 is 0 Å². The molecule has 1 rings (SSSR count). The van der Waals surface area contributed by atoms with E-state index in [9.17, 15) is 9.90 Å². The molecule has 0 aromatic heterocycles. The molecule has 0 atom stereocenters. The number of quaternary nitrogens is 1. The molecule has 142 valence electrons. The number of rotatable bonds is 8. The van der Waals surface area contributed by atoms with E-state index in [0.29, 0.717) is 36.2 Å². The second-order valence-corrected chi connectivity index (χ2v) is 8.52. The Bertz CT molecular complexity index is 589. The Kier molecular flexibility index (Phi) is 7.44. The monoisotopic (exact) mass is 351 g/mol. The molecule has 1 aromatic rings. The minimum atomic E-state index is -0.136. The molecule has 1 aromatic carbocycles. The lowest BCUT2D eigenvalue weighted by molar-refractivity contribution is -0.889. The Balaban J connectivity index is 2.58. The first-order chi connectivity index (χ1) is 11.5. The van der Waals surface area contributed by atoms with Crippen molar-refractivity contribution >= 4 is 5.91 Å². The molecule has 0 saturated heterocycles. The number of amides is 1. The van der Waals surface area contributed by atoms with Gasteiger partial charge < -0.3 is 20.0 Å². The van der Waals surface area contributed by atoms with E-state index < -0.39 is 0 Å². The van der Waals surface area contributed by atoms with E-state index in [0.717, 1.165) is 23.2 Å². The third-order valence-corrected chi connectivity index (χ3v) is 4.55. The van der Waals surface area contributed by atoms with Crippen molar-refractivity contribution in [1.82, 2.24) is 5.32 Å². The predicted octanol–water partition coefficient (Wildman–Crippen LogP) is 2.12. The average molecular weight is 352 g/mol. The Morgan fingerprint density at radius 1 is 1.20 bits per heavy atom. The highest BCUT2D eigenvalue weighted by Crippen LogP contribution is 2.34. The number of likely N-dealkylation sites (N-methyl/N-ethyl adjacent to an activating group) is 1. The summed E-state index contributed by atoms with van der Waals surface area (Å²) in [6.07, 6.45) is 1.09. The summed E-state index contributed by atoms with van der Waals surface area (Å²) in [6, 6.07) is 3.97. The maximum absolute atomic E-state index is 12.1. The van der Waals surface area contributed by atoms with E-state index in [1.54, 1.807) is 0 Å². The molecular weight excluding hydrogens is 316 g/mol. The number of nitrogens with one attached hydrogen (secondary N) is 1. The molecule has 25 heavy (non-hydrogen) atoms. The zero-order valence-corrected chi connectivity index (χ0v) is 16.6. The summed E-state index contributed by atoms with van der Waals surface area (Å²) in [7, 11) is 4.07. The van der Waals surface area contributed by atoms with Gasteiger partial charge in [-0.05, 0) is 35.4 Å². The van der Waals surface area contributed by atoms with Crippen molar-refractivity contribution in [3.05, 3.63) is 28.8 Å². The van der Waals surface area contributed by atoms with Crippen molar-refractivity contribution in [2.75, 3.05) is 40.3 Å². The van der Waals surface area contributed by atoms with Crippen molar-refractivity contribution in [2.45, 2.75) is 46.0 Å². The Hall–Kier alpha value is -1.59. The summed E-state index contributed by atoms with van der Waals surface area (Å²) < 4.78 is 0.683. The van der Waals surface area contributed by atoms with E-state index in [1.165, 1.54) is 0 Å². The minimum Gasteiger partial charge on any atom is -0.507 e. The van der Waals surface area contributed by atoms with Crippen LogP contribution < -0.4 is 5.32 Å². The number of nitrogens with zero attached hydrogens (tertiary/aromatic N) is 1. The molecule has 0 aliphatic heterocycles. The number of aryl methyl sites for hydroxylation is 2. The van der Waals surface area contributed by atoms with Gasteiger partial charge in [-0.1, -0.05) is 32.9 Å². The van der Waals surface area contributed by atoms with Gasteiger partial charge in [-0.25, -0.2) is 0 Å². The Morgan fingerprint density at radius 3 is 2.40 bits per heavy atom. The lowest BCUT2D eigenvalue weighted by Crippen LogP contribution is -2.47. The topological polar surface area (TPSA) is 69.6 Å². The fourth-order valence-electron chi connectivity index (χ4n) is 2.80. The average Bonchev–Trinajstić information content (AvgIpc) is 2.46. The van der Waals surface area contributed by atoms with Crippen LogP contribution >= 0.6 is 0 Å². The highest BCUT2D eigenvalue weighted by molar-refractivity contribution is 5.76. The van der Waals surface area contributed by atoms with Crippen molar-refractivity contribution < 1.29 is 19.5 Å². The SMILES string of the molecule is Cc1cc(CCC(=O)NCC[N+](C)(C)CCO)cc(C(C)(C)C)c1O. The van der Waals surface area contributed by atoms with Gasteiger partial charge in [0.05, 0.1) is 33.8 Å². The van der Waals surface area contributed by atoms with Crippen LogP contribution in [-0.4, -0.2) is 60.9 Å². The number of aliphatic hydroxyl groups is 1. The quantitative estimate of drug-likeness (QED) is 0.628. The molecule has 0 unspecified atom stereocenters. The zero-order valence-electron chi connectivity index (χ0n) is 16.6. The van der Waals surface area contributed by atoms with Gasteiger partial charge in [-0.3, -0.25) is 4.79 Å². The fraction of sp³-hybridized carbons (Fsp3) is 0.650. The second kappa shape index (κ2) is 8.68. The number of phenolic OH excluding ortho intramolecular Hbond substituents is 1. The number of hydrogen-bond donors (Lipinski definition) is 3. The number of carbonyl (C=O) groups excluding carboxylic acids is 1. The number of phenols is 1. The highest BCUT2D eigenvalue weighted by atomic mass is 16.3. The summed E-state index contributed by atoms with van der Waals surface area (Å²) in [4.78, 5) is 12.1. The van der Waals surface area contributed by atoms with Crippen molar-refractivity contribution in [2.24, 2.45) is 0 Å². The van der Waals surface area contributed by atoms with Crippen LogP contribution in [0.4, 0.5) is 0 Å². The predicted molar refractivity (Wildman–Crippen MR) is 102 cm³/mol. The van der Waals surface area contributed by atoms with E-state index in [2.05, 4.69) is 26.1 Å². The summed E-state index contributed by atoms with van der Waals surface area (Å²) in [5.74, 6) is 0.386. The summed E-state index contributed by atoms with van der Waals surface area (Å²) in [5.41, 5.74) is 2.71. The summed E-state index contributed by atoms with van der Waals surface area (Å²) in [6.45, 7) is 10.3. The van der Waals surface area contributed by atoms with Gasteiger partial charge in [0.1, 0.15) is 12.3 Å². The van der Waals surface area contributed by atoms with Gasteiger partial charge in [0.15, 0.2) is 0 Å². The van der Waals surface area contributed by atoms with E-state index in [1.807, 2.05) is 33.2 Å². The van der Waals surface area contributed by atoms with Crippen LogP contribution in [0.15, 0.2) is 12.1 Å². The van der Waals surface area contributed by atoms with Gasteiger partial charge in [0.25, 0.3) is 0 Å². The first kappa shape index (κ1) is 21.5. The van der Waals surface area contributed by atoms with Gasteiger partial charge in [0.2, 0.25) is 5.91 Å². The summed E-state index contributed by atoms with van der Waals surface area (Å²) >= 11 is 0. The maximum atomic E-state index is 12.1. The molecule has 3 N–H and O–H groups in total. The second-order valence-electron chi connectivity index (χ2n) is 8.52. The van der Waals surface area contributed by atoms with Crippen LogP contribution in [0.25, 0.3) is 0 Å². The Labute approximate surface area is 152 Å². The minimum absolute atomic E-state index is 0.0343. The van der Waals surface area contributed by atoms with Crippen molar-refractivity contribution in [3.63, 3.8) is 0 Å². The van der Waals surface area contributed by atoms with E-state index in [-0.39, 0.29) is 17.9 Å². The van der Waals surface area contributed by atoms with Gasteiger partial charge in [-0.15, -0.1) is 0 Å². The molecule has 0 saturated carbocycles. The number of aliphatic hydroxyl groups excluding tert-OH is 1. The maximum Gasteiger partial charge on any atom is 0.220 e. The lowest BCUT2D eigenvalue weighted by Gasteiger charge is -2.28. The van der Waals surface area contributed by atoms with Crippen LogP contribution in [0.5, 0.6) is 5.75 Å². The number of aromatic hydroxyl groups is 1. The van der Waals surface area contributed by atoms with Crippen LogP contribution in [-0.2, 0) is 16.6 Å². The molecular formula is C20H35N2O3+. The zero-order chi connectivity index (χ0) is 19.3. The fourth-order valence-corrected chi connectivity index (χ4v) is 2.80. The van der Waals surface area contributed by atoms with Crippen LogP contribution in [0, 0.1) is 6.92 Å². The molecule has 0 bridgehead atoms. The normalized spacial score (nSPS) is 12.3. The van der Waals surface area contributed by atoms with Crippen LogP contribution in [0.1, 0.15) is 43.9 Å².